The van der Waals surface area contributed by atoms with Gasteiger partial charge in [0.1, 0.15) is 5.82 Å². The summed E-state index contributed by atoms with van der Waals surface area (Å²) in [6.07, 6.45) is -9.89. The highest BCUT2D eigenvalue weighted by atomic mass is 19.4. The van der Waals surface area contributed by atoms with Crippen LogP contribution in [0.2, 0.25) is 0 Å². The van der Waals surface area contributed by atoms with E-state index in [4.69, 9.17) is 44.2 Å². The molecule has 6 rings (SSSR count). The average molecular weight is 859 g/mol. The van der Waals surface area contributed by atoms with Crippen LogP contribution in [-0.2, 0) is 21.4 Å². The van der Waals surface area contributed by atoms with Crippen LogP contribution in [-0.4, -0.2) is 124 Å². The fourth-order valence-electron chi connectivity index (χ4n) is 7.56. The first-order chi connectivity index (χ1) is 27.1. The zero-order valence-electron chi connectivity index (χ0n) is 33.1. The molecule has 0 radical (unpaired) electrons. The Morgan fingerprint density at radius 2 is 1.29 bits per heavy atom. The lowest BCUT2D eigenvalue weighted by Crippen LogP contribution is -2.67. The summed E-state index contributed by atoms with van der Waals surface area (Å²) in [5.41, 5.74) is 6.73. The van der Waals surface area contributed by atoms with Crippen molar-refractivity contribution >= 4 is 28.9 Å². The van der Waals surface area contributed by atoms with E-state index < -0.39 is 36.4 Å². The number of hydrogen-bond acceptors (Lipinski definition) is 8. The fourth-order valence-corrected chi connectivity index (χ4v) is 7.56. The van der Waals surface area contributed by atoms with E-state index in [9.17, 15) is 39.5 Å². The molecule has 0 amide bonds. The van der Waals surface area contributed by atoms with Gasteiger partial charge in [0.05, 0.1) is 25.3 Å². The molecule has 3 aromatic rings. The molecule has 1 aromatic heterocycles. The maximum absolute atomic E-state index is 10.6. The maximum atomic E-state index is 10.6. The number of piperidine rings is 1. The Morgan fingerprint density at radius 3 is 1.71 bits per heavy atom. The molecule has 330 valence electrons. The summed E-state index contributed by atoms with van der Waals surface area (Å²) in [6.45, 7) is 13.3. The van der Waals surface area contributed by atoms with Crippen molar-refractivity contribution in [2.24, 2.45) is 18.4 Å². The van der Waals surface area contributed by atoms with Gasteiger partial charge in [-0.3, -0.25) is 0 Å². The Hall–Kier alpha value is -4.79. The van der Waals surface area contributed by atoms with Crippen molar-refractivity contribution in [3.63, 3.8) is 0 Å². The number of hydrogen-bond donors (Lipinski definition) is 3. The fraction of sp³-hybridized carbons (Fsp3) is 0.579. The Kier molecular flexibility index (Phi) is 15.7. The van der Waals surface area contributed by atoms with E-state index in [0.29, 0.717) is 11.3 Å². The van der Waals surface area contributed by atoms with Gasteiger partial charge in [0.2, 0.25) is 0 Å². The zero-order valence-corrected chi connectivity index (χ0v) is 33.1. The highest BCUT2D eigenvalue weighted by Gasteiger charge is 2.53. The number of methoxy groups -OCH3 is 2. The van der Waals surface area contributed by atoms with Crippen molar-refractivity contribution in [3.05, 3.63) is 41.5 Å². The quantitative estimate of drug-likeness (QED) is 0.200. The van der Waals surface area contributed by atoms with E-state index in [2.05, 4.69) is 60.4 Å². The van der Waals surface area contributed by atoms with Crippen LogP contribution in [0, 0.1) is 18.3 Å². The van der Waals surface area contributed by atoms with Crippen LogP contribution < -0.4 is 9.47 Å². The number of carbonyl (C=O) groups is 3. The van der Waals surface area contributed by atoms with Crippen LogP contribution in [0.25, 0.3) is 22.4 Å². The predicted octanol–water partition coefficient (Wildman–Crippen LogP) is 7.77. The molecule has 21 heteroatoms. The monoisotopic (exact) mass is 858 g/mol. The number of halogens is 9. The minimum Gasteiger partial charge on any atom is -0.493 e. The Morgan fingerprint density at radius 1 is 0.814 bits per heavy atom. The number of benzene rings is 2. The molecule has 2 saturated heterocycles. The summed E-state index contributed by atoms with van der Waals surface area (Å²) in [7, 11) is 5.47. The number of ether oxygens (including phenoxy) is 2. The normalized spacial score (nSPS) is 17.4. The third-order valence-corrected chi connectivity index (χ3v) is 10.2. The van der Waals surface area contributed by atoms with Gasteiger partial charge in [-0.2, -0.15) is 39.5 Å². The number of fused-ring (bicyclic) bond motifs is 1. The highest BCUT2D eigenvalue weighted by molar-refractivity contribution is 5.84. The highest BCUT2D eigenvalue weighted by Crippen LogP contribution is 2.51. The van der Waals surface area contributed by atoms with Gasteiger partial charge in [-0.1, -0.05) is 19.9 Å². The molecule has 3 heterocycles. The second kappa shape index (κ2) is 19.1. The van der Waals surface area contributed by atoms with Gasteiger partial charge in [-0.25, -0.2) is 19.4 Å². The van der Waals surface area contributed by atoms with E-state index in [-0.39, 0.29) is 0 Å². The van der Waals surface area contributed by atoms with E-state index in [1.54, 1.807) is 14.2 Å². The van der Waals surface area contributed by atoms with Gasteiger partial charge >= 0.3 is 36.4 Å². The number of likely N-dealkylation sites (tertiary alicyclic amines) is 2. The van der Waals surface area contributed by atoms with Crippen LogP contribution in [0.15, 0.2) is 30.3 Å². The smallest absolute Gasteiger partial charge is 0.490 e. The van der Waals surface area contributed by atoms with Crippen molar-refractivity contribution in [1.82, 2.24) is 19.4 Å². The van der Waals surface area contributed by atoms with Gasteiger partial charge in [0.15, 0.2) is 11.5 Å². The third kappa shape index (κ3) is 12.8. The maximum Gasteiger partial charge on any atom is 0.490 e. The largest absolute Gasteiger partial charge is 0.493 e. The molecule has 3 N–H and O–H groups in total. The zero-order chi connectivity index (χ0) is 44.8. The number of carboxylic acid groups (broad SMARTS) is 3. The number of aromatic nitrogens is 2. The minimum atomic E-state index is -5.08. The van der Waals surface area contributed by atoms with Crippen molar-refractivity contribution in [2.75, 3.05) is 46.9 Å². The number of alkyl halides is 9. The molecule has 3 fully saturated rings. The SMILES string of the molecule is COc1ccc(-c2nc3c(C)cc(C4CCN(C5CC6(C5)CN(CC(C)C)C6)CC4)cc3n2C)cc1OC.O=C(O)C(F)(F)F.O=C(O)C(F)(F)F.O=C(O)C(F)(F)F. The van der Waals surface area contributed by atoms with E-state index in [1.807, 2.05) is 12.1 Å². The molecule has 1 saturated carbocycles. The first-order valence-corrected chi connectivity index (χ1v) is 18.2. The van der Waals surface area contributed by atoms with Gasteiger partial charge in [0, 0.05) is 38.3 Å². The lowest BCUT2D eigenvalue weighted by Gasteiger charge is -2.62. The Labute approximate surface area is 333 Å². The lowest BCUT2D eigenvalue weighted by atomic mass is 9.60. The van der Waals surface area contributed by atoms with Crippen LogP contribution >= 0.6 is 0 Å². The molecule has 0 atom stereocenters. The number of imidazole rings is 1. The van der Waals surface area contributed by atoms with Crippen LogP contribution in [0.5, 0.6) is 11.5 Å². The third-order valence-electron chi connectivity index (χ3n) is 10.2. The minimum absolute atomic E-state index is 0.632. The van der Waals surface area contributed by atoms with Gasteiger partial charge in [0.25, 0.3) is 0 Å². The van der Waals surface area contributed by atoms with Gasteiger partial charge in [-0.15, -0.1) is 0 Å². The van der Waals surface area contributed by atoms with Crippen molar-refractivity contribution < 1.29 is 78.7 Å². The summed E-state index contributed by atoms with van der Waals surface area (Å²) >= 11 is 0. The standard InChI is InChI=1S/C32H44N4O2.3C2HF3O2/c1-21(2)18-35-19-32(20-35)16-26(17-32)36-11-9-23(10-12-36)25-13-22(3)30-27(14-25)34(4)31(33-30)24-7-8-28(37-5)29(15-24)38-6;3*3-2(4,5)1(6)7/h7-8,13-15,21,23,26H,9-12,16-20H2,1-6H3;3*(H,6,7). The topological polar surface area (TPSA) is 155 Å². The van der Waals surface area contributed by atoms with Crippen LogP contribution in [0.1, 0.15) is 56.6 Å². The Bertz CT molecular complexity index is 1870. The lowest BCUT2D eigenvalue weighted by molar-refractivity contribution is -0.193. The molecule has 2 aromatic carbocycles. The number of carboxylic acids is 3. The summed E-state index contributed by atoms with van der Waals surface area (Å²) in [5, 5.41) is 21.4. The summed E-state index contributed by atoms with van der Waals surface area (Å²) in [4.78, 5) is 37.2. The van der Waals surface area contributed by atoms with Gasteiger partial charge < -0.3 is 39.2 Å². The van der Waals surface area contributed by atoms with Crippen molar-refractivity contribution in [2.45, 2.75) is 76.9 Å². The second-order valence-electron chi connectivity index (χ2n) is 15.1. The van der Waals surface area contributed by atoms with E-state index >= 15 is 0 Å². The molecule has 2 aliphatic heterocycles. The molecule has 0 unspecified atom stereocenters. The van der Waals surface area contributed by atoms with E-state index in [1.165, 1.54) is 75.1 Å². The van der Waals surface area contributed by atoms with E-state index in [0.717, 1.165) is 40.4 Å². The predicted molar refractivity (Wildman–Crippen MR) is 195 cm³/mol. The number of aliphatic carboxylic acids is 3. The molecule has 59 heavy (non-hydrogen) atoms. The molecular formula is C38H47F9N4O8. The van der Waals surface area contributed by atoms with Crippen LogP contribution in [0.4, 0.5) is 39.5 Å². The van der Waals surface area contributed by atoms with Crippen molar-refractivity contribution in [1.29, 1.82) is 0 Å². The molecule has 0 bridgehead atoms. The Balaban J connectivity index is 0.000000365. The van der Waals surface area contributed by atoms with Gasteiger partial charge in [-0.05, 0) is 98.3 Å². The molecular weight excluding hydrogens is 811 g/mol. The first-order valence-electron chi connectivity index (χ1n) is 18.2. The molecule has 1 spiro atoms. The van der Waals surface area contributed by atoms with Crippen molar-refractivity contribution in [3.8, 4) is 22.9 Å². The van der Waals surface area contributed by atoms with Crippen LogP contribution in [0.3, 0.4) is 0 Å². The first kappa shape index (κ1) is 48.6. The summed E-state index contributed by atoms with van der Waals surface area (Å²) in [6, 6.07) is 11.6. The molecule has 12 nitrogen and oxygen atoms in total. The second-order valence-corrected chi connectivity index (χ2v) is 15.1. The summed E-state index contributed by atoms with van der Waals surface area (Å²) < 4.78 is 108. The number of rotatable bonds is 7. The average Bonchev–Trinajstić information content (AvgIpc) is 3.44. The number of aryl methyl sites for hydroxylation is 2. The molecule has 1 aliphatic carbocycles. The number of nitrogens with zero attached hydrogens (tertiary/aromatic N) is 4. The summed E-state index contributed by atoms with van der Waals surface area (Å²) in [5.74, 6) is -4.44. The molecule has 3 aliphatic rings.